The lowest BCUT2D eigenvalue weighted by Crippen LogP contribution is -2.30. The maximum Gasteiger partial charge on any atom is 0.260 e. The standard InChI is InChI=1S/C16H18N2OS/c1-12-9-10-14(15(17)20)16(19)18(12)11-5-8-13-6-3-2-4-7-13/h2-4,6-7,9-10H,5,8,11H2,1H3,(H2,17,20). The van der Waals surface area contributed by atoms with E-state index in [2.05, 4.69) is 12.1 Å². The summed E-state index contributed by atoms with van der Waals surface area (Å²) in [6, 6.07) is 13.8. The summed E-state index contributed by atoms with van der Waals surface area (Å²) >= 11 is 4.91. The van der Waals surface area contributed by atoms with Crippen LogP contribution in [-0.4, -0.2) is 9.56 Å². The molecule has 0 unspecified atom stereocenters. The molecule has 1 aromatic heterocycles. The number of pyridine rings is 1. The van der Waals surface area contributed by atoms with E-state index >= 15 is 0 Å². The van der Waals surface area contributed by atoms with Crippen LogP contribution in [0.25, 0.3) is 0 Å². The van der Waals surface area contributed by atoms with Crippen molar-refractivity contribution in [3.8, 4) is 0 Å². The van der Waals surface area contributed by atoms with Gasteiger partial charge in [-0.25, -0.2) is 0 Å². The number of nitrogens with zero attached hydrogens (tertiary/aromatic N) is 1. The Labute approximate surface area is 124 Å². The Morgan fingerprint density at radius 3 is 2.55 bits per heavy atom. The molecule has 0 atom stereocenters. The normalized spacial score (nSPS) is 10.4. The summed E-state index contributed by atoms with van der Waals surface area (Å²) in [6.45, 7) is 2.60. The van der Waals surface area contributed by atoms with Crippen LogP contribution >= 0.6 is 12.2 Å². The van der Waals surface area contributed by atoms with Gasteiger partial charge in [-0.05, 0) is 37.5 Å². The zero-order valence-corrected chi connectivity index (χ0v) is 12.3. The molecule has 0 saturated carbocycles. The van der Waals surface area contributed by atoms with Gasteiger partial charge in [0.25, 0.3) is 5.56 Å². The molecule has 1 aromatic carbocycles. The fourth-order valence-corrected chi connectivity index (χ4v) is 2.38. The van der Waals surface area contributed by atoms with E-state index in [0.29, 0.717) is 12.1 Å². The third kappa shape index (κ3) is 3.33. The van der Waals surface area contributed by atoms with Crippen LogP contribution in [0, 0.1) is 6.92 Å². The molecule has 0 saturated heterocycles. The van der Waals surface area contributed by atoms with Gasteiger partial charge in [0.2, 0.25) is 0 Å². The van der Waals surface area contributed by atoms with Gasteiger partial charge in [0, 0.05) is 12.2 Å². The van der Waals surface area contributed by atoms with Crippen LogP contribution in [0.3, 0.4) is 0 Å². The summed E-state index contributed by atoms with van der Waals surface area (Å²) in [5.41, 5.74) is 8.12. The summed E-state index contributed by atoms with van der Waals surface area (Å²) in [7, 11) is 0. The van der Waals surface area contributed by atoms with Gasteiger partial charge in [0.05, 0.1) is 5.56 Å². The highest BCUT2D eigenvalue weighted by Crippen LogP contribution is 2.05. The SMILES string of the molecule is Cc1ccc(C(N)=S)c(=O)n1CCCc1ccccc1. The molecule has 0 bridgehead atoms. The fraction of sp³-hybridized carbons (Fsp3) is 0.250. The van der Waals surface area contributed by atoms with Crippen LogP contribution in [0.2, 0.25) is 0 Å². The lowest BCUT2D eigenvalue weighted by molar-refractivity contribution is 0.606. The first kappa shape index (κ1) is 14.5. The number of aromatic nitrogens is 1. The number of benzene rings is 1. The third-order valence-electron chi connectivity index (χ3n) is 3.35. The van der Waals surface area contributed by atoms with Crippen molar-refractivity contribution in [2.75, 3.05) is 0 Å². The summed E-state index contributed by atoms with van der Waals surface area (Å²) in [5.74, 6) is 0. The molecule has 0 fully saturated rings. The predicted octanol–water partition coefficient (Wildman–Crippen LogP) is 2.42. The Balaban J connectivity index is 2.12. The number of thiocarbonyl (C=S) groups is 1. The third-order valence-corrected chi connectivity index (χ3v) is 3.57. The molecule has 0 spiro atoms. The zero-order valence-electron chi connectivity index (χ0n) is 11.5. The number of aryl methyl sites for hydroxylation is 2. The lowest BCUT2D eigenvalue weighted by atomic mass is 10.1. The number of rotatable bonds is 5. The summed E-state index contributed by atoms with van der Waals surface area (Å²) in [6.07, 6.45) is 1.86. The molecule has 0 amide bonds. The largest absolute Gasteiger partial charge is 0.389 e. The second-order valence-electron chi connectivity index (χ2n) is 4.80. The van der Waals surface area contributed by atoms with Gasteiger partial charge in [-0.2, -0.15) is 0 Å². The van der Waals surface area contributed by atoms with E-state index in [4.69, 9.17) is 18.0 Å². The molecule has 2 rings (SSSR count). The number of nitrogens with two attached hydrogens (primary N) is 1. The molecular formula is C16H18N2OS. The molecule has 20 heavy (non-hydrogen) atoms. The van der Waals surface area contributed by atoms with Gasteiger partial charge >= 0.3 is 0 Å². The second kappa shape index (κ2) is 6.48. The van der Waals surface area contributed by atoms with Gasteiger partial charge in [0.1, 0.15) is 4.99 Å². The number of hydrogen-bond acceptors (Lipinski definition) is 2. The minimum atomic E-state index is -0.0921. The molecular weight excluding hydrogens is 268 g/mol. The van der Waals surface area contributed by atoms with Crippen LogP contribution in [0.1, 0.15) is 23.2 Å². The molecule has 0 aliphatic rings. The Kier molecular flexibility index (Phi) is 4.69. The topological polar surface area (TPSA) is 48.0 Å². The average Bonchev–Trinajstić information content (AvgIpc) is 2.43. The van der Waals surface area contributed by atoms with Crippen molar-refractivity contribution >= 4 is 17.2 Å². The van der Waals surface area contributed by atoms with Crippen molar-refractivity contribution < 1.29 is 0 Å². The first-order valence-electron chi connectivity index (χ1n) is 6.64. The highest BCUT2D eigenvalue weighted by molar-refractivity contribution is 7.80. The van der Waals surface area contributed by atoms with E-state index < -0.39 is 0 Å². The fourth-order valence-electron chi connectivity index (χ4n) is 2.22. The molecule has 0 radical (unpaired) electrons. The van der Waals surface area contributed by atoms with E-state index in [0.717, 1.165) is 18.5 Å². The van der Waals surface area contributed by atoms with Crippen molar-refractivity contribution in [2.24, 2.45) is 5.73 Å². The van der Waals surface area contributed by atoms with Crippen molar-refractivity contribution in [1.29, 1.82) is 0 Å². The average molecular weight is 286 g/mol. The molecule has 0 aliphatic heterocycles. The molecule has 3 nitrogen and oxygen atoms in total. The number of hydrogen-bond donors (Lipinski definition) is 1. The highest BCUT2D eigenvalue weighted by Gasteiger charge is 2.08. The van der Waals surface area contributed by atoms with Crippen molar-refractivity contribution in [3.63, 3.8) is 0 Å². The minimum absolute atomic E-state index is 0.0921. The predicted molar refractivity (Wildman–Crippen MR) is 86.1 cm³/mol. The van der Waals surface area contributed by atoms with E-state index in [1.54, 1.807) is 10.6 Å². The van der Waals surface area contributed by atoms with E-state index in [1.165, 1.54) is 5.56 Å². The van der Waals surface area contributed by atoms with Crippen LogP contribution in [-0.2, 0) is 13.0 Å². The summed E-state index contributed by atoms with van der Waals surface area (Å²) in [4.78, 5) is 12.4. The Hall–Kier alpha value is -1.94. The monoisotopic (exact) mass is 286 g/mol. The van der Waals surface area contributed by atoms with Crippen LogP contribution in [0.4, 0.5) is 0 Å². The highest BCUT2D eigenvalue weighted by atomic mass is 32.1. The first-order valence-corrected chi connectivity index (χ1v) is 7.04. The summed E-state index contributed by atoms with van der Waals surface area (Å²) < 4.78 is 1.75. The molecule has 0 aliphatic carbocycles. The van der Waals surface area contributed by atoms with E-state index in [9.17, 15) is 4.79 Å². The Morgan fingerprint density at radius 1 is 1.20 bits per heavy atom. The van der Waals surface area contributed by atoms with E-state index in [1.807, 2.05) is 31.2 Å². The quantitative estimate of drug-likeness (QED) is 0.859. The van der Waals surface area contributed by atoms with Crippen molar-refractivity contribution in [1.82, 2.24) is 4.57 Å². The second-order valence-corrected chi connectivity index (χ2v) is 5.24. The van der Waals surface area contributed by atoms with Gasteiger partial charge in [-0.1, -0.05) is 42.5 Å². The zero-order chi connectivity index (χ0) is 14.5. The molecule has 2 aromatic rings. The molecule has 4 heteroatoms. The van der Waals surface area contributed by atoms with Gasteiger partial charge < -0.3 is 10.3 Å². The van der Waals surface area contributed by atoms with Gasteiger partial charge in [-0.15, -0.1) is 0 Å². The van der Waals surface area contributed by atoms with Crippen LogP contribution in [0.5, 0.6) is 0 Å². The van der Waals surface area contributed by atoms with Gasteiger partial charge in [0.15, 0.2) is 0 Å². The van der Waals surface area contributed by atoms with Crippen LogP contribution < -0.4 is 11.3 Å². The maximum absolute atomic E-state index is 12.3. The van der Waals surface area contributed by atoms with Crippen LogP contribution in [0.15, 0.2) is 47.3 Å². The molecule has 1 heterocycles. The van der Waals surface area contributed by atoms with Gasteiger partial charge in [-0.3, -0.25) is 4.79 Å². The van der Waals surface area contributed by atoms with Crippen molar-refractivity contribution in [2.45, 2.75) is 26.3 Å². The first-order chi connectivity index (χ1) is 9.59. The Morgan fingerprint density at radius 2 is 1.90 bits per heavy atom. The smallest absolute Gasteiger partial charge is 0.260 e. The maximum atomic E-state index is 12.3. The van der Waals surface area contributed by atoms with Crippen molar-refractivity contribution in [3.05, 3.63) is 69.6 Å². The molecule has 2 N–H and O–H groups in total. The van der Waals surface area contributed by atoms with E-state index in [-0.39, 0.29) is 10.5 Å². The minimum Gasteiger partial charge on any atom is -0.389 e. The Bertz CT molecular complexity index is 662. The summed E-state index contributed by atoms with van der Waals surface area (Å²) in [5, 5.41) is 0. The molecule has 104 valence electrons. The lowest BCUT2D eigenvalue weighted by Gasteiger charge is -2.11.